The minimum atomic E-state index is -2.22. The highest BCUT2D eigenvalue weighted by atomic mass is 31.1. The average Bonchev–Trinajstić information content (AvgIpc) is 2.69. The van der Waals surface area contributed by atoms with E-state index in [4.69, 9.17) is 18.5 Å². The molecule has 2 aromatic rings. The third-order valence-electron chi connectivity index (χ3n) is 3.87. The molecule has 2 rings (SSSR count). The van der Waals surface area contributed by atoms with Gasteiger partial charge < -0.3 is 9.47 Å². The van der Waals surface area contributed by atoms with Gasteiger partial charge in [0.2, 0.25) is 0 Å². The van der Waals surface area contributed by atoms with Crippen molar-refractivity contribution in [1.29, 1.82) is 0 Å². The summed E-state index contributed by atoms with van der Waals surface area (Å²) in [5, 5.41) is 0. The number of benzene rings is 2. The zero-order chi connectivity index (χ0) is 20.4. The summed E-state index contributed by atoms with van der Waals surface area (Å²) in [6.07, 6.45) is 3.39. The van der Waals surface area contributed by atoms with E-state index in [9.17, 15) is 4.57 Å². The first-order chi connectivity index (χ1) is 13.5. The Kier molecular flexibility index (Phi) is 8.89. The lowest BCUT2D eigenvalue weighted by atomic mass is 10.1. The number of rotatable bonds is 12. The summed E-state index contributed by atoms with van der Waals surface area (Å²) in [6.45, 7) is 12.5. The fourth-order valence-electron chi connectivity index (χ4n) is 2.52. The van der Waals surface area contributed by atoms with Crippen LogP contribution in [0.5, 0.6) is 11.5 Å². The highest BCUT2D eigenvalue weighted by Crippen LogP contribution is 2.29. The van der Waals surface area contributed by atoms with E-state index in [-0.39, 0.29) is 13.2 Å². The maximum absolute atomic E-state index is 12.0. The van der Waals surface area contributed by atoms with Crippen molar-refractivity contribution < 1.29 is 23.1 Å². The van der Waals surface area contributed by atoms with Gasteiger partial charge in [0, 0.05) is 4.57 Å². The predicted octanol–water partition coefficient (Wildman–Crippen LogP) is 5.82. The lowest BCUT2D eigenvalue weighted by Gasteiger charge is -2.08. The molecule has 28 heavy (non-hydrogen) atoms. The highest BCUT2D eigenvalue weighted by Gasteiger charge is 2.21. The maximum atomic E-state index is 12.0. The second kappa shape index (κ2) is 11.4. The van der Waals surface area contributed by atoms with Crippen LogP contribution in [-0.4, -0.2) is 13.2 Å². The van der Waals surface area contributed by atoms with Gasteiger partial charge in [-0.05, 0) is 60.4 Å². The fourth-order valence-corrected chi connectivity index (χ4v) is 3.10. The smallest absolute Gasteiger partial charge is 0.489 e. The first-order valence-electron chi connectivity index (χ1n) is 8.93. The van der Waals surface area contributed by atoms with Crippen molar-refractivity contribution in [1.82, 2.24) is 0 Å². The molecule has 0 spiro atoms. The van der Waals surface area contributed by atoms with Gasteiger partial charge in [0.05, 0.1) is 0 Å². The van der Waals surface area contributed by atoms with Gasteiger partial charge in [-0.2, -0.15) is 0 Å². The molecular formula is C22H26O5P+. The molecular weight excluding hydrogens is 375 g/mol. The number of hydrogen-bond acceptors (Lipinski definition) is 5. The molecule has 0 atom stereocenters. The molecule has 0 saturated heterocycles. The second-order valence-electron chi connectivity index (χ2n) is 6.17. The van der Waals surface area contributed by atoms with Crippen LogP contribution >= 0.6 is 8.25 Å². The molecule has 0 heterocycles. The molecule has 6 heteroatoms. The van der Waals surface area contributed by atoms with Crippen molar-refractivity contribution >= 4 is 8.25 Å². The van der Waals surface area contributed by atoms with Gasteiger partial charge in [-0.25, -0.2) is 0 Å². The van der Waals surface area contributed by atoms with Gasteiger partial charge in [0.15, 0.2) is 0 Å². The molecule has 0 amide bonds. The molecule has 0 aliphatic carbocycles. The third kappa shape index (κ3) is 6.93. The van der Waals surface area contributed by atoms with E-state index in [2.05, 4.69) is 13.2 Å². The van der Waals surface area contributed by atoms with Crippen LogP contribution in [0.2, 0.25) is 0 Å². The van der Waals surface area contributed by atoms with E-state index in [1.54, 1.807) is 12.2 Å². The van der Waals surface area contributed by atoms with Gasteiger partial charge in [-0.1, -0.05) is 37.4 Å². The molecule has 0 aromatic heterocycles. The normalized spacial score (nSPS) is 10.4. The summed E-state index contributed by atoms with van der Waals surface area (Å²) >= 11 is 0. The first-order valence-corrected chi connectivity index (χ1v) is 10.0. The van der Waals surface area contributed by atoms with Crippen molar-refractivity contribution in [2.45, 2.75) is 27.1 Å². The standard InChI is InChI=1S/C22H26O5P/c1-5-11-24-21-9-7-19(13-17(21)3)15-26-28(23)27-16-20-8-10-22(18(4)14-20)25-12-6-2/h5-10,13-14H,1-2,11-12,15-16H2,3-4H3/q+1. The Balaban J connectivity index is 1.81. The number of aryl methyl sites for hydroxylation is 2. The average molecular weight is 401 g/mol. The second-order valence-corrected chi connectivity index (χ2v) is 7.13. The van der Waals surface area contributed by atoms with Crippen LogP contribution in [-0.2, 0) is 26.8 Å². The van der Waals surface area contributed by atoms with Gasteiger partial charge in [0.1, 0.15) is 37.9 Å². The van der Waals surface area contributed by atoms with Gasteiger partial charge in [-0.15, -0.1) is 9.05 Å². The van der Waals surface area contributed by atoms with Gasteiger partial charge >= 0.3 is 8.25 Å². The molecule has 2 aromatic carbocycles. The van der Waals surface area contributed by atoms with Crippen LogP contribution in [0.25, 0.3) is 0 Å². The molecule has 148 valence electrons. The molecule has 0 saturated carbocycles. The van der Waals surface area contributed by atoms with Crippen molar-refractivity contribution in [3.8, 4) is 11.5 Å². The van der Waals surface area contributed by atoms with E-state index >= 15 is 0 Å². The molecule has 0 bridgehead atoms. The Labute approximate surface area is 167 Å². The van der Waals surface area contributed by atoms with E-state index in [0.29, 0.717) is 13.2 Å². The highest BCUT2D eigenvalue weighted by molar-refractivity contribution is 7.33. The van der Waals surface area contributed by atoms with Gasteiger partial charge in [-0.3, -0.25) is 0 Å². The van der Waals surface area contributed by atoms with Crippen LogP contribution in [0.15, 0.2) is 61.7 Å². The first kappa shape index (κ1) is 21.8. The Morgan fingerprint density at radius 2 is 1.25 bits per heavy atom. The van der Waals surface area contributed by atoms with Crippen LogP contribution in [0.4, 0.5) is 0 Å². The van der Waals surface area contributed by atoms with E-state index in [1.807, 2.05) is 50.2 Å². The summed E-state index contributed by atoms with van der Waals surface area (Å²) in [6, 6.07) is 11.4. The topological polar surface area (TPSA) is 54.0 Å². The Morgan fingerprint density at radius 1 is 0.821 bits per heavy atom. The quantitative estimate of drug-likeness (QED) is 0.331. The molecule has 0 unspecified atom stereocenters. The Bertz CT molecular complexity index is 764. The third-order valence-corrected chi connectivity index (χ3v) is 4.55. The Morgan fingerprint density at radius 3 is 1.61 bits per heavy atom. The largest absolute Gasteiger partial charge is 0.698 e. The zero-order valence-electron chi connectivity index (χ0n) is 16.3. The Hall–Kier alpha value is -2.46. The fraction of sp³-hybridized carbons (Fsp3) is 0.273. The number of ether oxygens (including phenoxy) is 2. The monoisotopic (exact) mass is 401 g/mol. The lowest BCUT2D eigenvalue weighted by molar-refractivity contribution is 0.212. The van der Waals surface area contributed by atoms with E-state index in [1.165, 1.54) is 0 Å². The van der Waals surface area contributed by atoms with Crippen LogP contribution in [0.1, 0.15) is 22.3 Å². The van der Waals surface area contributed by atoms with Gasteiger partial charge in [0.25, 0.3) is 0 Å². The summed E-state index contributed by atoms with van der Waals surface area (Å²) in [4.78, 5) is 0. The van der Waals surface area contributed by atoms with Crippen molar-refractivity contribution in [3.63, 3.8) is 0 Å². The van der Waals surface area contributed by atoms with Crippen molar-refractivity contribution in [2.24, 2.45) is 0 Å². The summed E-state index contributed by atoms with van der Waals surface area (Å²) in [5.74, 6) is 1.58. The van der Waals surface area contributed by atoms with Crippen LogP contribution in [0.3, 0.4) is 0 Å². The molecule has 0 aliphatic rings. The van der Waals surface area contributed by atoms with E-state index < -0.39 is 8.25 Å². The maximum Gasteiger partial charge on any atom is 0.698 e. The molecule has 5 nitrogen and oxygen atoms in total. The van der Waals surface area contributed by atoms with Crippen molar-refractivity contribution in [3.05, 3.63) is 84.0 Å². The summed E-state index contributed by atoms with van der Waals surface area (Å²) in [5.41, 5.74) is 3.76. The summed E-state index contributed by atoms with van der Waals surface area (Å²) < 4.78 is 33.7. The minimum absolute atomic E-state index is 0.200. The lowest BCUT2D eigenvalue weighted by Crippen LogP contribution is -1.97. The molecule has 0 radical (unpaired) electrons. The minimum Gasteiger partial charge on any atom is -0.489 e. The molecule has 0 aliphatic heterocycles. The predicted molar refractivity (Wildman–Crippen MR) is 111 cm³/mol. The van der Waals surface area contributed by atoms with Crippen LogP contribution in [0, 0.1) is 13.8 Å². The molecule has 0 N–H and O–H groups in total. The SMILES string of the molecule is C=CCOc1ccc(CO[P+](=O)OCc2ccc(OCC=C)c(C)c2)cc1C. The van der Waals surface area contributed by atoms with E-state index in [0.717, 1.165) is 33.8 Å². The zero-order valence-corrected chi connectivity index (χ0v) is 17.2. The molecule has 0 fully saturated rings. The van der Waals surface area contributed by atoms with Crippen molar-refractivity contribution in [2.75, 3.05) is 13.2 Å². The number of hydrogen-bond donors (Lipinski definition) is 0. The van der Waals surface area contributed by atoms with Crippen LogP contribution < -0.4 is 9.47 Å². The summed E-state index contributed by atoms with van der Waals surface area (Å²) in [7, 11) is -2.22.